The lowest BCUT2D eigenvalue weighted by molar-refractivity contribution is 0.394. The van der Waals surface area contributed by atoms with Crippen LogP contribution in [0.1, 0.15) is 32.9 Å². The largest absolute Gasteiger partial charge is 0.313 e. The van der Waals surface area contributed by atoms with Gasteiger partial charge in [0, 0.05) is 30.4 Å². The highest BCUT2D eigenvalue weighted by Crippen LogP contribution is 2.10. The van der Waals surface area contributed by atoms with Crippen LogP contribution in [-0.4, -0.2) is 27.2 Å². The van der Waals surface area contributed by atoms with Crippen LogP contribution < -0.4 is 5.32 Å². The minimum absolute atomic E-state index is 0.489. The zero-order valence-corrected chi connectivity index (χ0v) is 11.4. The van der Waals surface area contributed by atoms with Crippen molar-refractivity contribution in [3.05, 3.63) is 30.2 Å². The minimum atomic E-state index is 0.489. The van der Waals surface area contributed by atoms with Gasteiger partial charge in [0.25, 0.3) is 0 Å². The summed E-state index contributed by atoms with van der Waals surface area (Å²) in [6.45, 7) is 7.77. The van der Waals surface area contributed by atoms with E-state index in [1.54, 1.807) is 10.7 Å². The lowest BCUT2D eigenvalue weighted by Crippen LogP contribution is -2.36. The first-order valence-corrected chi connectivity index (χ1v) is 6.73. The van der Waals surface area contributed by atoms with Crippen LogP contribution in [0.25, 0.3) is 5.65 Å². The molecule has 0 fully saturated rings. The van der Waals surface area contributed by atoms with Crippen LogP contribution in [0.15, 0.2) is 24.5 Å². The van der Waals surface area contributed by atoms with Crippen LogP contribution in [0.2, 0.25) is 0 Å². The number of fused-ring (bicyclic) bond motifs is 1. The van der Waals surface area contributed by atoms with Crippen molar-refractivity contribution in [3.63, 3.8) is 0 Å². The van der Waals surface area contributed by atoms with E-state index in [2.05, 4.69) is 42.2 Å². The summed E-state index contributed by atoms with van der Waals surface area (Å²) >= 11 is 0. The highest BCUT2D eigenvalue weighted by Gasteiger charge is 2.14. The van der Waals surface area contributed by atoms with Crippen LogP contribution in [0.3, 0.4) is 0 Å². The second-order valence-corrected chi connectivity index (χ2v) is 5.06. The van der Waals surface area contributed by atoms with Gasteiger partial charge < -0.3 is 5.32 Å². The van der Waals surface area contributed by atoms with Crippen LogP contribution in [-0.2, 0) is 6.42 Å². The van der Waals surface area contributed by atoms with Gasteiger partial charge in [0.2, 0.25) is 0 Å². The summed E-state index contributed by atoms with van der Waals surface area (Å²) in [4.78, 5) is 4.63. The molecule has 0 radical (unpaired) electrons. The van der Waals surface area contributed by atoms with Gasteiger partial charge in [-0.25, -0.2) is 9.50 Å². The van der Waals surface area contributed by atoms with Gasteiger partial charge in [-0.3, -0.25) is 0 Å². The van der Waals surface area contributed by atoms with E-state index in [4.69, 9.17) is 0 Å². The van der Waals surface area contributed by atoms with Gasteiger partial charge in [0.15, 0.2) is 5.65 Å². The third-order valence-corrected chi connectivity index (χ3v) is 3.21. The molecule has 18 heavy (non-hydrogen) atoms. The second kappa shape index (κ2) is 5.96. The maximum absolute atomic E-state index is 4.63. The van der Waals surface area contributed by atoms with E-state index >= 15 is 0 Å². The molecule has 0 spiro atoms. The molecule has 2 rings (SSSR count). The fraction of sp³-hybridized carbons (Fsp3) is 0.571. The summed E-state index contributed by atoms with van der Waals surface area (Å²) in [6.07, 6.45) is 5.90. The minimum Gasteiger partial charge on any atom is -0.313 e. The molecule has 0 bridgehead atoms. The molecule has 4 nitrogen and oxygen atoms in total. The molecule has 4 heteroatoms. The molecule has 2 aromatic rings. The fourth-order valence-corrected chi connectivity index (χ4v) is 2.06. The Bertz CT molecular complexity index is 489. The van der Waals surface area contributed by atoms with Crippen molar-refractivity contribution in [1.82, 2.24) is 19.9 Å². The molecule has 0 aliphatic rings. The van der Waals surface area contributed by atoms with Crippen molar-refractivity contribution < 1.29 is 0 Å². The quantitative estimate of drug-likeness (QED) is 0.850. The predicted octanol–water partition coefficient (Wildman–Crippen LogP) is 2.30. The molecule has 0 saturated carbocycles. The van der Waals surface area contributed by atoms with Crippen LogP contribution in [0.4, 0.5) is 0 Å². The van der Waals surface area contributed by atoms with Crippen molar-refractivity contribution in [2.45, 2.75) is 39.7 Å². The Balaban J connectivity index is 2.09. The summed E-state index contributed by atoms with van der Waals surface area (Å²) in [5.74, 6) is 0.611. The van der Waals surface area contributed by atoms with Gasteiger partial charge >= 0.3 is 0 Å². The first-order valence-electron chi connectivity index (χ1n) is 6.73. The molecule has 2 heterocycles. The average Bonchev–Trinajstić information content (AvgIpc) is 2.81. The molecule has 0 aromatic carbocycles. The Kier molecular flexibility index (Phi) is 4.31. The predicted molar refractivity (Wildman–Crippen MR) is 73.6 cm³/mol. The normalized spacial score (nSPS) is 13.3. The molecule has 1 unspecified atom stereocenters. The molecular weight excluding hydrogens is 224 g/mol. The molecule has 1 atom stereocenters. The Hall–Kier alpha value is -1.42. The van der Waals surface area contributed by atoms with Crippen LogP contribution in [0.5, 0.6) is 0 Å². The highest BCUT2D eigenvalue weighted by atomic mass is 15.2. The van der Waals surface area contributed by atoms with Crippen molar-refractivity contribution in [1.29, 1.82) is 0 Å². The van der Waals surface area contributed by atoms with E-state index in [1.807, 2.05) is 12.3 Å². The van der Waals surface area contributed by atoms with E-state index in [0.29, 0.717) is 12.0 Å². The number of rotatable bonds is 6. The smallest absolute Gasteiger partial charge is 0.155 e. The number of hydrogen-bond acceptors (Lipinski definition) is 3. The number of nitrogens with one attached hydrogen (secondary N) is 1. The second-order valence-electron chi connectivity index (χ2n) is 5.06. The summed E-state index contributed by atoms with van der Waals surface area (Å²) in [5, 5.41) is 7.76. The summed E-state index contributed by atoms with van der Waals surface area (Å²) in [7, 11) is 0. The monoisotopic (exact) mass is 246 g/mol. The van der Waals surface area contributed by atoms with Gasteiger partial charge in [-0.15, -0.1) is 0 Å². The molecule has 1 N–H and O–H groups in total. The van der Waals surface area contributed by atoms with Crippen molar-refractivity contribution in [2.24, 2.45) is 5.92 Å². The average molecular weight is 246 g/mol. The van der Waals surface area contributed by atoms with Crippen molar-refractivity contribution >= 4 is 5.65 Å². The maximum Gasteiger partial charge on any atom is 0.155 e. The lowest BCUT2D eigenvalue weighted by atomic mass is 9.99. The molecule has 98 valence electrons. The Labute approximate surface area is 108 Å². The van der Waals surface area contributed by atoms with Crippen molar-refractivity contribution in [3.8, 4) is 0 Å². The summed E-state index contributed by atoms with van der Waals surface area (Å²) < 4.78 is 1.80. The molecule has 0 amide bonds. The molecule has 0 aliphatic heterocycles. The molecule has 0 saturated heterocycles. The zero-order chi connectivity index (χ0) is 13.0. The van der Waals surface area contributed by atoms with E-state index in [0.717, 1.165) is 30.7 Å². The maximum atomic E-state index is 4.63. The molecule has 2 aromatic heterocycles. The highest BCUT2D eigenvalue weighted by molar-refractivity contribution is 5.36. The van der Waals surface area contributed by atoms with E-state index in [-0.39, 0.29) is 0 Å². The first-order chi connectivity index (χ1) is 8.70. The SMILES string of the molecule is CCCNC(Cc1ccn2nccc2n1)C(C)C. The first kappa shape index (κ1) is 13.0. The molecular formula is C14H22N4. The van der Waals surface area contributed by atoms with Gasteiger partial charge in [0.1, 0.15) is 0 Å². The van der Waals surface area contributed by atoms with Crippen LogP contribution in [0, 0.1) is 5.92 Å². The number of nitrogens with zero attached hydrogens (tertiary/aromatic N) is 3. The Morgan fingerprint density at radius 2 is 2.17 bits per heavy atom. The lowest BCUT2D eigenvalue weighted by Gasteiger charge is -2.21. The van der Waals surface area contributed by atoms with Crippen molar-refractivity contribution in [2.75, 3.05) is 6.54 Å². The van der Waals surface area contributed by atoms with Crippen LogP contribution >= 0.6 is 0 Å². The van der Waals surface area contributed by atoms with Gasteiger partial charge in [-0.1, -0.05) is 20.8 Å². The van der Waals surface area contributed by atoms with Gasteiger partial charge in [0.05, 0.1) is 6.20 Å². The van der Waals surface area contributed by atoms with E-state index in [1.165, 1.54) is 0 Å². The standard InChI is InChI=1S/C14H22N4/c1-4-7-15-13(11(2)3)10-12-6-9-18-14(17-12)5-8-16-18/h5-6,8-9,11,13,15H,4,7,10H2,1-3H3. The molecule has 0 aliphatic carbocycles. The summed E-state index contributed by atoms with van der Waals surface area (Å²) in [5.41, 5.74) is 2.05. The van der Waals surface area contributed by atoms with E-state index < -0.39 is 0 Å². The Morgan fingerprint density at radius 3 is 2.89 bits per heavy atom. The zero-order valence-electron chi connectivity index (χ0n) is 11.4. The summed E-state index contributed by atoms with van der Waals surface area (Å²) in [6, 6.07) is 4.49. The van der Waals surface area contributed by atoms with Gasteiger partial charge in [-0.2, -0.15) is 5.10 Å². The third kappa shape index (κ3) is 3.07. The van der Waals surface area contributed by atoms with E-state index in [9.17, 15) is 0 Å². The third-order valence-electron chi connectivity index (χ3n) is 3.21. The van der Waals surface area contributed by atoms with Gasteiger partial charge in [-0.05, 0) is 24.9 Å². The Morgan fingerprint density at radius 1 is 1.33 bits per heavy atom. The number of aromatic nitrogens is 3. The fourth-order valence-electron chi connectivity index (χ4n) is 2.06. The topological polar surface area (TPSA) is 42.2 Å². The number of hydrogen-bond donors (Lipinski definition) is 1.